The second-order valence-corrected chi connectivity index (χ2v) is 8.37. The maximum absolute atomic E-state index is 14.6. The lowest BCUT2D eigenvalue weighted by atomic mass is 9.92. The Bertz CT molecular complexity index is 1010. The maximum atomic E-state index is 14.6. The molecule has 130 valence electrons. The van der Waals surface area contributed by atoms with E-state index < -0.39 is 26.4 Å². The van der Waals surface area contributed by atoms with Crippen molar-refractivity contribution in [3.05, 3.63) is 76.4 Å². The van der Waals surface area contributed by atoms with E-state index in [2.05, 4.69) is 0 Å². The van der Waals surface area contributed by atoms with Crippen LogP contribution in [-0.4, -0.2) is 14.7 Å². The van der Waals surface area contributed by atoms with Crippen LogP contribution in [0.5, 0.6) is 0 Å². The molecule has 0 aromatic heterocycles. The summed E-state index contributed by atoms with van der Waals surface area (Å²) < 4.78 is 51.9. The minimum Gasteiger partial charge on any atom is -0.224 e. The summed E-state index contributed by atoms with van der Waals surface area (Å²) in [5.41, 5.74) is 4.60. The fraction of sp³-hybridized carbons (Fsp3) is 0.200. The average Bonchev–Trinajstić information content (AvgIpc) is 2.96. The van der Waals surface area contributed by atoms with Crippen molar-refractivity contribution in [1.29, 1.82) is 0 Å². The molecule has 2 aromatic carbocycles. The van der Waals surface area contributed by atoms with Gasteiger partial charge in [0.05, 0.1) is 0 Å². The molecule has 0 unspecified atom stereocenters. The fourth-order valence-corrected chi connectivity index (χ4v) is 3.92. The number of hydrogen-bond donors (Lipinski definition) is 0. The van der Waals surface area contributed by atoms with Gasteiger partial charge in [-0.05, 0) is 49.1 Å². The van der Waals surface area contributed by atoms with Crippen LogP contribution in [0.15, 0.2) is 47.4 Å². The van der Waals surface area contributed by atoms with Crippen molar-refractivity contribution in [2.45, 2.75) is 25.2 Å². The first-order valence-corrected chi connectivity index (χ1v) is 9.75. The maximum Gasteiger partial charge on any atom is 0.178 e. The zero-order chi connectivity index (χ0) is 18.4. The highest BCUT2D eigenvalue weighted by Gasteiger charge is 2.22. The number of halogens is 2. The molecule has 2 nitrogen and oxygen atoms in total. The second-order valence-electron chi connectivity index (χ2n) is 6.38. The molecule has 0 spiro atoms. The monoisotopic (exact) mass is 360 g/mol. The molecular formula is C20H18F2O2S. The first-order chi connectivity index (χ1) is 11.7. The van der Waals surface area contributed by atoms with E-state index in [4.69, 9.17) is 0 Å². The number of benzene rings is 2. The van der Waals surface area contributed by atoms with Crippen LogP contribution in [0.1, 0.15) is 28.7 Å². The van der Waals surface area contributed by atoms with Crippen LogP contribution in [0.2, 0.25) is 0 Å². The summed E-state index contributed by atoms with van der Waals surface area (Å²) >= 11 is 0. The number of allylic oxidation sites excluding steroid dienone is 4. The molecule has 0 aliphatic heterocycles. The van der Waals surface area contributed by atoms with Gasteiger partial charge in [0, 0.05) is 11.8 Å². The number of aryl methyl sites for hydroxylation is 2. The van der Waals surface area contributed by atoms with Crippen molar-refractivity contribution in [3.8, 4) is 0 Å². The van der Waals surface area contributed by atoms with E-state index in [1.165, 1.54) is 0 Å². The molecule has 0 N–H and O–H groups in total. The zero-order valence-electron chi connectivity index (χ0n) is 14.2. The van der Waals surface area contributed by atoms with Crippen molar-refractivity contribution in [2.24, 2.45) is 0 Å². The smallest absolute Gasteiger partial charge is 0.178 e. The van der Waals surface area contributed by atoms with Gasteiger partial charge in [-0.2, -0.15) is 0 Å². The summed E-state index contributed by atoms with van der Waals surface area (Å²) in [6.07, 6.45) is 5.27. The minimum absolute atomic E-state index is 0.0767. The van der Waals surface area contributed by atoms with Crippen LogP contribution in [0.25, 0.3) is 11.1 Å². The van der Waals surface area contributed by atoms with E-state index in [1.54, 1.807) is 0 Å². The predicted octanol–water partition coefficient (Wildman–Crippen LogP) is 4.86. The lowest BCUT2D eigenvalue weighted by Gasteiger charge is -2.13. The molecule has 0 saturated carbocycles. The third kappa shape index (κ3) is 3.42. The normalized spacial score (nSPS) is 14.4. The molecule has 0 saturated heterocycles. The molecule has 1 aliphatic carbocycles. The molecule has 5 heteroatoms. The summed E-state index contributed by atoms with van der Waals surface area (Å²) in [7, 11) is -3.82. The predicted molar refractivity (Wildman–Crippen MR) is 96.0 cm³/mol. The quantitative estimate of drug-likeness (QED) is 0.784. The van der Waals surface area contributed by atoms with Crippen molar-refractivity contribution in [1.82, 2.24) is 0 Å². The number of hydrogen-bond acceptors (Lipinski definition) is 2. The molecule has 3 rings (SSSR count). The van der Waals surface area contributed by atoms with Crippen LogP contribution in [0, 0.1) is 25.5 Å². The van der Waals surface area contributed by atoms with Gasteiger partial charge >= 0.3 is 0 Å². The van der Waals surface area contributed by atoms with Gasteiger partial charge in [0.2, 0.25) is 0 Å². The molecular weight excluding hydrogens is 342 g/mol. The topological polar surface area (TPSA) is 34.1 Å². The van der Waals surface area contributed by atoms with Crippen molar-refractivity contribution >= 4 is 21.0 Å². The van der Waals surface area contributed by atoms with Crippen LogP contribution < -0.4 is 0 Å². The minimum atomic E-state index is -3.82. The van der Waals surface area contributed by atoms with E-state index in [-0.39, 0.29) is 5.56 Å². The third-order valence-corrected chi connectivity index (χ3v) is 5.29. The Labute approximate surface area is 146 Å². The Hall–Kier alpha value is -2.27. The van der Waals surface area contributed by atoms with Gasteiger partial charge in [0.1, 0.15) is 16.5 Å². The van der Waals surface area contributed by atoms with Gasteiger partial charge < -0.3 is 0 Å². The first kappa shape index (κ1) is 17.5. The van der Waals surface area contributed by atoms with Gasteiger partial charge in [-0.1, -0.05) is 41.5 Å². The Morgan fingerprint density at radius 3 is 2.04 bits per heavy atom. The van der Waals surface area contributed by atoms with E-state index in [1.807, 2.05) is 44.2 Å². The molecule has 0 amide bonds. The highest BCUT2D eigenvalue weighted by Crippen LogP contribution is 2.38. The Morgan fingerprint density at radius 2 is 1.44 bits per heavy atom. The van der Waals surface area contributed by atoms with Crippen molar-refractivity contribution in [3.63, 3.8) is 0 Å². The fourth-order valence-electron chi connectivity index (χ4n) is 3.19. The summed E-state index contributed by atoms with van der Waals surface area (Å²) in [5.74, 6) is -1.68. The second kappa shape index (κ2) is 6.23. The van der Waals surface area contributed by atoms with Crippen LogP contribution in [0.4, 0.5) is 8.78 Å². The van der Waals surface area contributed by atoms with Gasteiger partial charge in [-0.15, -0.1) is 0 Å². The largest absolute Gasteiger partial charge is 0.224 e. The Morgan fingerprint density at radius 1 is 0.840 bits per heavy atom. The molecule has 2 aromatic rings. The summed E-state index contributed by atoms with van der Waals surface area (Å²) in [5, 5.41) is 0. The lowest BCUT2D eigenvalue weighted by molar-refractivity contribution is 0.554. The molecule has 0 bridgehead atoms. The molecule has 1 aliphatic rings. The summed E-state index contributed by atoms with van der Waals surface area (Å²) in [6, 6.07) is 7.77. The van der Waals surface area contributed by atoms with Crippen LogP contribution >= 0.6 is 0 Å². The van der Waals surface area contributed by atoms with Gasteiger partial charge in [0.25, 0.3) is 0 Å². The zero-order valence-corrected chi connectivity index (χ0v) is 15.0. The summed E-state index contributed by atoms with van der Waals surface area (Å²) in [4.78, 5) is -0.621. The average molecular weight is 360 g/mol. The SMILES string of the molecule is Cc1cc(C)cc(C2=CCC=C2c2cc(F)c(S(C)(=O)=O)cc2F)c1. The molecule has 0 radical (unpaired) electrons. The molecule has 0 heterocycles. The molecule has 0 atom stereocenters. The Balaban J connectivity index is 2.11. The van der Waals surface area contributed by atoms with Gasteiger partial charge in [-0.3, -0.25) is 0 Å². The summed E-state index contributed by atoms with van der Waals surface area (Å²) in [6.45, 7) is 3.97. The van der Waals surface area contributed by atoms with Crippen molar-refractivity contribution < 1.29 is 17.2 Å². The Kier molecular flexibility index (Phi) is 4.37. The van der Waals surface area contributed by atoms with E-state index in [9.17, 15) is 17.2 Å². The standard InChI is InChI=1S/C20H18F2O2S/c1-12-7-13(2)9-14(8-12)15-5-4-6-16(15)17-10-19(22)20(11-18(17)21)25(3,23)24/h5-11H,4H2,1-3H3. The molecule has 0 fully saturated rings. The van der Waals surface area contributed by atoms with Gasteiger partial charge in [0.15, 0.2) is 9.84 Å². The van der Waals surface area contributed by atoms with Gasteiger partial charge in [-0.25, -0.2) is 17.2 Å². The highest BCUT2D eigenvalue weighted by molar-refractivity contribution is 7.90. The number of rotatable bonds is 3. The van der Waals surface area contributed by atoms with E-state index in [0.717, 1.165) is 40.7 Å². The first-order valence-electron chi connectivity index (χ1n) is 7.85. The van der Waals surface area contributed by atoms with Crippen LogP contribution in [-0.2, 0) is 9.84 Å². The van der Waals surface area contributed by atoms with E-state index in [0.29, 0.717) is 12.0 Å². The molecule has 25 heavy (non-hydrogen) atoms. The number of sulfone groups is 1. The van der Waals surface area contributed by atoms with Crippen LogP contribution in [0.3, 0.4) is 0 Å². The third-order valence-electron chi connectivity index (χ3n) is 4.18. The lowest BCUT2D eigenvalue weighted by Crippen LogP contribution is -2.04. The van der Waals surface area contributed by atoms with Crippen molar-refractivity contribution in [2.75, 3.05) is 6.26 Å². The van der Waals surface area contributed by atoms with E-state index >= 15 is 0 Å². The highest BCUT2D eigenvalue weighted by atomic mass is 32.2.